The van der Waals surface area contributed by atoms with Crippen molar-refractivity contribution < 1.29 is 4.92 Å². The Morgan fingerprint density at radius 1 is 1.53 bits per heavy atom. The minimum Gasteiger partial charge on any atom is -0.393 e. The van der Waals surface area contributed by atoms with Crippen molar-refractivity contribution in [1.29, 1.82) is 0 Å². The molecule has 3 N–H and O–H groups in total. The minimum absolute atomic E-state index is 0.107. The first kappa shape index (κ1) is 11.3. The molecule has 7 nitrogen and oxygen atoms in total. The lowest BCUT2D eigenvalue weighted by molar-refractivity contribution is -0.383. The van der Waals surface area contributed by atoms with E-state index in [0.717, 1.165) is 0 Å². The number of nitrogens with two attached hydrogens (primary N) is 1. The molecule has 0 aliphatic rings. The molecule has 0 aliphatic heterocycles. The lowest BCUT2D eigenvalue weighted by atomic mass is 10.2. The van der Waals surface area contributed by atoms with Gasteiger partial charge in [0, 0.05) is 23.3 Å². The summed E-state index contributed by atoms with van der Waals surface area (Å²) in [5, 5.41) is 14.2. The number of hydrogen-bond acceptors (Lipinski definition) is 7. The summed E-state index contributed by atoms with van der Waals surface area (Å²) in [6.07, 6.45) is 0. The van der Waals surface area contributed by atoms with Crippen LogP contribution in [0.1, 0.15) is 5.82 Å². The third-order valence-electron chi connectivity index (χ3n) is 2.00. The monoisotopic (exact) mass is 251 g/mol. The number of nitro benzene ring substituents is 1. The Bertz CT molecular complexity index is 568. The fourth-order valence-corrected chi connectivity index (χ4v) is 1.87. The van der Waals surface area contributed by atoms with E-state index in [4.69, 9.17) is 5.73 Å². The molecule has 0 atom stereocenters. The summed E-state index contributed by atoms with van der Waals surface area (Å²) in [7, 11) is 0. The van der Waals surface area contributed by atoms with Crippen LogP contribution >= 0.6 is 11.5 Å². The highest BCUT2D eigenvalue weighted by atomic mass is 32.1. The molecule has 0 saturated heterocycles. The fraction of sp³-hybridized carbons (Fsp3) is 0.111. The Labute approximate surface area is 101 Å². The van der Waals surface area contributed by atoms with Crippen LogP contribution < -0.4 is 11.1 Å². The first-order valence-electron chi connectivity index (χ1n) is 4.67. The van der Waals surface area contributed by atoms with Crippen LogP contribution in [0.2, 0.25) is 0 Å². The van der Waals surface area contributed by atoms with Crippen molar-refractivity contribution in [2.24, 2.45) is 0 Å². The highest BCUT2D eigenvalue weighted by Gasteiger charge is 2.11. The first-order valence-corrected chi connectivity index (χ1v) is 5.45. The highest BCUT2D eigenvalue weighted by molar-refractivity contribution is 7.09. The van der Waals surface area contributed by atoms with Gasteiger partial charge in [0.25, 0.3) is 5.69 Å². The zero-order valence-electron chi connectivity index (χ0n) is 8.88. The Kier molecular flexibility index (Phi) is 2.88. The zero-order valence-corrected chi connectivity index (χ0v) is 9.69. The second-order valence-electron chi connectivity index (χ2n) is 3.30. The van der Waals surface area contributed by atoms with Gasteiger partial charge in [-0.1, -0.05) is 0 Å². The van der Waals surface area contributed by atoms with Crippen molar-refractivity contribution in [2.45, 2.75) is 6.92 Å². The molecule has 1 aromatic heterocycles. The normalized spacial score (nSPS) is 10.2. The van der Waals surface area contributed by atoms with Gasteiger partial charge in [-0.25, -0.2) is 4.98 Å². The number of nitrogen functional groups attached to an aromatic ring is 1. The second kappa shape index (κ2) is 4.34. The number of nitrogens with one attached hydrogen (secondary N) is 1. The molecule has 2 aromatic rings. The maximum Gasteiger partial charge on any atom is 0.292 e. The van der Waals surface area contributed by atoms with Crippen LogP contribution in [0.5, 0.6) is 0 Å². The summed E-state index contributed by atoms with van der Waals surface area (Å²) in [6.45, 7) is 1.78. The van der Waals surface area contributed by atoms with Gasteiger partial charge in [0.2, 0.25) is 5.13 Å². The summed E-state index contributed by atoms with van der Waals surface area (Å²) >= 11 is 1.21. The molecular formula is C9H9N5O2S. The number of nitrogens with zero attached hydrogens (tertiary/aromatic N) is 3. The van der Waals surface area contributed by atoms with Crippen molar-refractivity contribution in [1.82, 2.24) is 9.36 Å². The largest absolute Gasteiger partial charge is 0.393 e. The maximum absolute atomic E-state index is 10.6. The topological polar surface area (TPSA) is 107 Å². The van der Waals surface area contributed by atoms with Crippen molar-refractivity contribution in [3.05, 3.63) is 34.1 Å². The lowest BCUT2D eigenvalue weighted by Gasteiger charge is -2.03. The van der Waals surface area contributed by atoms with Crippen LogP contribution in [0.4, 0.5) is 22.2 Å². The van der Waals surface area contributed by atoms with Crippen LogP contribution in [0.25, 0.3) is 0 Å². The number of nitro groups is 1. The minimum atomic E-state index is -0.520. The molecule has 2 rings (SSSR count). The van der Waals surface area contributed by atoms with Crippen molar-refractivity contribution in [3.8, 4) is 0 Å². The van der Waals surface area contributed by atoms with Crippen molar-refractivity contribution in [2.75, 3.05) is 11.1 Å². The van der Waals surface area contributed by atoms with Gasteiger partial charge < -0.3 is 11.1 Å². The molecule has 0 fully saturated rings. The molecule has 1 aromatic carbocycles. The van der Waals surface area contributed by atoms with Gasteiger partial charge in [-0.2, -0.15) is 4.37 Å². The predicted octanol–water partition coefficient (Wildman–Crippen LogP) is 2.08. The number of hydrogen-bond donors (Lipinski definition) is 2. The second-order valence-corrected chi connectivity index (χ2v) is 4.05. The van der Waals surface area contributed by atoms with E-state index in [-0.39, 0.29) is 11.4 Å². The quantitative estimate of drug-likeness (QED) is 0.491. The van der Waals surface area contributed by atoms with Gasteiger partial charge in [0.05, 0.1) is 4.92 Å². The molecule has 88 valence electrons. The maximum atomic E-state index is 10.6. The molecule has 0 spiro atoms. The van der Waals surface area contributed by atoms with E-state index in [1.807, 2.05) is 0 Å². The van der Waals surface area contributed by atoms with Gasteiger partial charge in [0.1, 0.15) is 11.5 Å². The van der Waals surface area contributed by atoms with E-state index in [9.17, 15) is 10.1 Å². The Morgan fingerprint density at radius 2 is 2.29 bits per heavy atom. The molecule has 0 saturated carbocycles. The zero-order chi connectivity index (χ0) is 12.4. The first-order chi connectivity index (χ1) is 8.06. The molecule has 8 heteroatoms. The van der Waals surface area contributed by atoms with E-state index >= 15 is 0 Å². The van der Waals surface area contributed by atoms with E-state index in [2.05, 4.69) is 14.7 Å². The summed E-state index contributed by atoms with van der Waals surface area (Å²) in [5.41, 5.74) is 6.21. The van der Waals surface area contributed by atoms with Crippen LogP contribution in [0, 0.1) is 17.0 Å². The van der Waals surface area contributed by atoms with E-state index < -0.39 is 4.92 Å². The number of rotatable bonds is 3. The molecule has 0 aliphatic carbocycles. The van der Waals surface area contributed by atoms with Crippen LogP contribution in [-0.4, -0.2) is 14.3 Å². The third-order valence-corrected chi connectivity index (χ3v) is 2.72. The Morgan fingerprint density at radius 3 is 2.82 bits per heavy atom. The molecule has 1 heterocycles. The summed E-state index contributed by atoms with van der Waals surface area (Å²) in [6, 6.07) is 4.42. The number of benzene rings is 1. The Balaban J connectivity index is 2.23. The van der Waals surface area contributed by atoms with Crippen LogP contribution in [-0.2, 0) is 0 Å². The standard InChI is InChI=1S/C9H9N5O2S/c1-5-11-9(17-13-5)12-6-2-3-8(14(15)16)7(10)4-6/h2-4H,10H2,1H3,(H,11,12,13). The lowest BCUT2D eigenvalue weighted by Crippen LogP contribution is -1.97. The molecule has 0 bridgehead atoms. The van der Waals surface area contributed by atoms with Gasteiger partial charge >= 0.3 is 0 Å². The molecule has 0 unspecified atom stereocenters. The van der Waals surface area contributed by atoms with Gasteiger partial charge in [-0.15, -0.1) is 0 Å². The fourth-order valence-electron chi connectivity index (χ4n) is 1.27. The SMILES string of the molecule is Cc1nsc(Nc2ccc([N+](=O)[O-])c(N)c2)n1. The van der Waals surface area contributed by atoms with Gasteiger partial charge in [0.15, 0.2) is 0 Å². The van der Waals surface area contributed by atoms with Crippen molar-refractivity contribution >= 4 is 33.7 Å². The van der Waals surface area contributed by atoms with Gasteiger partial charge in [-0.05, 0) is 19.1 Å². The molecule has 17 heavy (non-hydrogen) atoms. The number of aryl methyl sites for hydroxylation is 1. The number of anilines is 3. The number of aromatic nitrogens is 2. The predicted molar refractivity (Wildman–Crippen MR) is 65.4 cm³/mol. The molecule has 0 radical (unpaired) electrons. The Hall–Kier alpha value is -2.22. The average Bonchev–Trinajstić information content (AvgIpc) is 2.63. The molecule has 0 amide bonds. The van der Waals surface area contributed by atoms with Crippen LogP contribution in [0.15, 0.2) is 18.2 Å². The van der Waals surface area contributed by atoms with E-state index in [1.165, 1.54) is 23.7 Å². The van der Waals surface area contributed by atoms with E-state index in [1.54, 1.807) is 13.0 Å². The van der Waals surface area contributed by atoms with Gasteiger partial charge in [-0.3, -0.25) is 10.1 Å². The van der Waals surface area contributed by atoms with Crippen molar-refractivity contribution in [3.63, 3.8) is 0 Å². The summed E-state index contributed by atoms with van der Waals surface area (Å²) in [5.74, 6) is 0.674. The summed E-state index contributed by atoms with van der Waals surface area (Å²) < 4.78 is 4.01. The van der Waals surface area contributed by atoms with Crippen LogP contribution in [0.3, 0.4) is 0 Å². The third kappa shape index (κ3) is 2.48. The average molecular weight is 251 g/mol. The summed E-state index contributed by atoms with van der Waals surface area (Å²) in [4.78, 5) is 14.2. The molecular weight excluding hydrogens is 242 g/mol. The smallest absolute Gasteiger partial charge is 0.292 e. The highest BCUT2D eigenvalue weighted by Crippen LogP contribution is 2.27. The van der Waals surface area contributed by atoms with E-state index in [0.29, 0.717) is 16.6 Å².